The highest BCUT2D eigenvalue weighted by Crippen LogP contribution is 2.40. The maximum atomic E-state index is 13.2. The fourth-order valence-electron chi connectivity index (χ4n) is 3.96. The zero-order valence-electron chi connectivity index (χ0n) is 20.5. The van der Waals surface area contributed by atoms with E-state index in [9.17, 15) is 14.7 Å². The molecule has 35 heavy (non-hydrogen) atoms. The Labute approximate surface area is 206 Å². The summed E-state index contributed by atoms with van der Waals surface area (Å²) in [6.45, 7) is 10.7. The Balaban J connectivity index is 2.08. The van der Waals surface area contributed by atoms with Crippen molar-refractivity contribution in [3.05, 3.63) is 90.0 Å². The van der Waals surface area contributed by atoms with Crippen LogP contribution in [0.5, 0.6) is 11.5 Å². The van der Waals surface area contributed by atoms with Crippen LogP contribution in [0.2, 0.25) is 0 Å². The number of aryl methyl sites for hydroxylation is 1. The Morgan fingerprint density at radius 3 is 2.20 bits per heavy atom. The van der Waals surface area contributed by atoms with Gasteiger partial charge in [0, 0.05) is 18.7 Å². The molecule has 3 rings (SSSR count). The van der Waals surface area contributed by atoms with Crippen LogP contribution in [0.1, 0.15) is 22.7 Å². The lowest BCUT2D eigenvalue weighted by Crippen LogP contribution is -2.35. The summed E-state index contributed by atoms with van der Waals surface area (Å²) in [4.78, 5) is 29.7. The third-order valence-corrected chi connectivity index (χ3v) is 5.71. The number of benzene rings is 2. The lowest BCUT2D eigenvalue weighted by Gasteiger charge is -2.26. The SMILES string of the molecule is C=CCOc1ccc(C2/C(=C(\O)c3ccc(OCC=C)cc3C)C(=O)C(=O)N2CCN(C)C)cc1. The van der Waals surface area contributed by atoms with Gasteiger partial charge in [0.2, 0.25) is 0 Å². The van der Waals surface area contributed by atoms with Crippen molar-refractivity contribution in [2.45, 2.75) is 13.0 Å². The van der Waals surface area contributed by atoms with Crippen LogP contribution < -0.4 is 9.47 Å². The Bertz CT molecular complexity index is 1130. The van der Waals surface area contributed by atoms with Crippen LogP contribution in [0, 0.1) is 6.92 Å². The van der Waals surface area contributed by atoms with Crippen LogP contribution in [-0.2, 0) is 9.59 Å². The number of carbonyl (C=O) groups is 2. The fourth-order valence-corrected chi connectivity index (χ4v) is 3.96. The van der Waals surface area contributed by atoms with E-state index in [0.29, 0.717) is 48.9 Å². The van der Waals surface area contributed by atoms with Crippen LogP contribution >= 0.6 is 0 Å². The third-order valence-electron chi connectivity index (χ3n) is 5.71. The van der Waals surface area contributed by atoms with Crippen LogP contribution in [0.4, 0.5) is 0 Å². The molecule has 1 atom stereocenters. The van der Waals surface area contributed by atoms with Gasteiger partial charge in [0.15, 0.2) is 0 Å². The van der Waals surface area contributed by atoms with Crippen molar-refractivity contribution in [3.8, 4) is 11.5 Å². The second kappa shape index (κ2) is 11.5. The predicted molar refractivity (Wildman–Crippen MR) is 137 cm³/mol. The van der Waals surface area contributed by atoms with E-state index in [2.05, 4.69) is 13.2 Å². The molecule has 1 aliphatic heterocycles. The number of aliphatic hydroxyl groups excluding tert-OH is 1. The van der Waals surface area contributed by atoms with Gasteiger partial charge in [0.25, 0.3) is 11.7 Å². The Morgan fingerprint density at radius 2 is 1.63 bits per heavy atom. The summed E-state index contributed by atoms with van der Waals surface area (Å²) >= 11 is 0. The van der Waals surface area contributed by atoms with Gasteiger partial charge in [-0.05, 0) is 62.5 Å². The van der Waals surface area contributed by atoms with Crippen molar-refractivity contribution >= 4 is 17.4 Å². The molecule has 0 radical (unpaired) electrons. The molecular formula is C28H32N2O5. The number of carbonyl (C=O) groups excluding carboxylic acids is 2. The van der Waals surface area contributed by atoms with Gasteiger partial charge >= 0.3 is 0 Å². The molecule has 7 nitrogen and oxygen atoms in total. The van der Waals surface area contributed by atoms with Crippen LogP contribution in [0.25, 0.3) is 5.76 Å². The maximum absolute atomic E-state index is 13.2. The molecule has 1 amide bonds. The lowest BCUT2D eigenvalue weighted by atomic mass is 9.94. The van der Waals surface area contributed by atoms with E-state index in [1.54, 1.807) is 42.5 Å². The minimum atomic E-state index is -0.723. The first-order valence-corrected chi connectivity index (χ1v) is 11.4. The molecule has 0 aliphatic carbocycles. The molecule has 1 N–H and O–H groups in total. The Morgan fingerprint density at radius 1 is 1.03 bits per heavy atom. The van der Waals surface area contributed by atoms with Gasteiger partial charge in [0.05, 0.1) is 11.6 Å². The van der Waals surface area contributed by atoms with E-state index in [-0.39, 0.29) is 11.3 Å². The van der Waals surface area contributed by atoms with Crippen molar-refractivity contribution in [1.29, 1.82) is 0 Å². The van der Waals surface area contributed by atoms with Gasteiger partial charge in [-0.2, -0.15) is 0 Å². The maximum Gasteiger partial charge on any atom is 0.295 e. The summed E-state index contributed by atoms with van der Waals surface area (Å²) in [5.41, 5.74) is 1.96. The molecule has 1 saturated heterocycles. The first-order chi connectivity index (χ1) is 16.8. The monoisotopic (exact) mass is 476 g/mol. The van der Waals surface area contributed by atoms with Gasteiger partial charge in [0.1, 0.15) is 30.5 Å². The van der Waals surface area contributed by atoms with Crippen LogP contribution in [0.3, 0.4) is 0 Å². The van der Waals surface area contributed by atoms with E-state index in [4.69, 9.17) is 9.47 Å². The summed E-state index contributed by atoms with van der Waals surface area (Å²) in [6.07, 6.45) is 3.30. The smallest absolute Gasteiger partial charge is 0.295 e. The average molecular weight is 477 g/mol. The van der Waals surface area contributed by atoms with E-state index in [1.165, 1.54) is 4.90 Å². The topological polar surface area (TPSA) is 79.3 Å². The molecule has 0 spiro atoms. The summed E-state index contributed by atoms with van der Waals surface area (Å²) in [6, 6.07) is 11.6. The summed E-state index contributed by atoms with van der Waals surface area (Å²) in [5.74, 6) is -0.277. The highest BCUT2D eigenvalue weighted by molar-refractivity contribution is 6.46. The third kappa shape index (κ3) is 5.81. The van der Waals surface area contributed by atoms with Gasteiger partial charge in [-0.3, -0.25) is 9.59 Å². The van der Waals surface area contributed by atoms with Gasteiger partial charge < -0.3 is 24.4 Å². The molecule has 1 fully saturated rings. The normalized spacial score (nSPS) is 17.0. The second-order valence-corrected chi connectivity index (χ2v) is 8.54. The van der Waals surface area contributed by atoms with Gasteiger partial charge in [-0.15, -0.1) is 0 Å². The van der Waals surface area contributed by atoms with Crippen molar-refractivity contribution in [1.82, 2.24) is 9.80 Å². The molecule has 2 aromatic carbocycles. The van der Waals surface area contributed by atoms with Crippen molar-refractivity contribution in [2.75, 3.05) is 40.4 Å². The molecule has 1 aliphatic rings. The molecule has 1 heterocycles. The number of Topliss-reactive ketones (excluding diaryl/α,β-unsaturated/α-hetero) is 1. The summed E-state index contributed by atoms with van der Waals surface area (Å²) in [7, 11) is 3.80. The van der Waals surface area contributed by atoms with Crippen molar-refractivity contribution in [2.24, 2.45) is 0 Å². The molecule has 2 aromatic rings. The molecule has 0 aromatic heterocycles. The number of amides is 1. The number of likely N-dealkylation sites (N-methyl/N-ethyl adjacent to an activating group) is 1. The predicted octanol–water partition coefficient (Wildman–Crippen LogP) is 4.11. The molecule has 184 valence electrons. The Hall–Kier alpha value is -3.84. The Kier molecular flexibility index (Phi) is 8.49. The van der Waals surface area contributed by atoms with E-state index < -0.39 is 17.7 Å². The van der Waals surface area contributed by atoms with Crippen molar-refractivity contribution in [3.63, 3.8) is 0 Å². The molecule has 7 heteroatoms. The lowest BCUT2D eigenvalue weighted by molar-refractivity contribution is -0.140. The average Bonchev–Trinajstić information content (AvgIpc) is 3.09. The second-order valence-electron chi connectivity index (χ2n) is 8.54. The summed E-state index contributed by atoms with van der Waals surface area (Å²) in [5, 5.41) is 11.3. The molecule has 1 unspecified atom stereocenters. The van der Waals surface area contributed by atoms with Gasteiger partial charge in [-0.25, -0.2) is 0 Å². The number of aliphatic hydroxyl groups is 1. The van der Waals surface area contributed by atoms with E-state index in [1.807, 2.05) is 38.1 Å². The minimum Gasteiger partial charge on any atom is -0.507 e. The highest BCUT2D eigenvalue weighted by atomic mass is 16.5. The quantitative estimate of drug-likeness (QED) is 0.228. The largest absolute Gasteiger partial charge is 0.507 e. The van der Waals surface area contributed by atoms with Crippen molar-refractivity contribution < 1.29 is 24.2 Å². The first kappa shape index (κ1) is 25.8. The zero-order valence-corrected chi connectivity index (χ0v) is 20.5. The van der Waals surface area contributed by atoms with E-state index >= 15 is 0 Å². The molecular weight excluding hydrogens is 444 g/mol. The number of hydrogen-bond acceptors (Lipinski definition) is 6. The minimum absolute atomic E-state index is 0.0661. The zero-order chi connectivity index (χ0) is 25.5. The standard InChI is InChI=1S/C28H32N2O5/c1-6-16-34-21-10-8-20(9-11-21)25-24(27(32)28(33)30(25)15-14-29(4)5)26(31)23-13-12-22(18-19(23)3)35-17-7-2/h6-13,18,25,31H,1-2,14-17H2,3-5H3/b26-24+. The number of likely N-dealkylation sites (tertiary alicyclic amines) is 1. The van der Waals surface area contributed by atoms with E-state index in [0.717, 1.165) is 5.56 Å². The van der Waals surface area contributed by atoms with Gasteiger partial charge in [-0.1, -0.05) is 37.4 Å². The molecule has 0 bridgehead atoms. The van der Waals surface area contributed by atoms with Crippen LogP contribution in [0.15, 0.2) is 73.3 Å². The van der Waals surface area contributed by atoms with Crippen LogP contribution in [-0.4, -0.2) is 67.0 Å². The molecule has 0 saturated carbocycles. The number of nitrogens with zero attached hydrogens (tertiary/aromatic N) is 2. The highest BCUT2D eigenvalue weighted by Gasteiger charge is 2.46. The number of hydrogen-bond donors (Lipinski definition) is 1. The number of rotatable bonds is 11. The number of ketones is 1. The number of ether oxygens (including phenoxy) is 2. The first-order valence-electron chi connectivity index (χ1n) is 11.4. The fraction of sp³-hybridized carbons (Fsp3) is 0.286. The summed E-state index contributed by atoms with van der Waals surface area (Å²) < 4.78 is 11.1.